The van der Waals surface area contributed by atoms with E-state index in [-0.39, 0.29) is 6.42 Å². The summed E-state index contributed by atoms with van der Waals surface area (Å²) in [5.41, 5.74) is 0. The molecule has 0 aromatic carbocycles. The zero-order valence-corrected chi connectivity index (χ0v) is 44.8. The van der Waals surface area contributed by atoms with Crippen molar-refractivity contribution in [2.45, 2.75) is 339 Å². The first-order valence-electron chi connectivity index (χ1n) is 29.6. The summed E-state index contributed by atoms with van der Waals surface area (Å²) in [5.74, 6) is -0.704. The average molecular weight is 985 g/mol. The lowest BCUT2D eigenvalue weighted by Gasteiger charge is -2.40. The van der Waals surface area contributed by atoms with Crippen LogP contribution in [0.2, 0.25) is 0 Å². The summed E-state index contributed by atoms with van der Waals surface area (Å²) in [5, 5.41) is 75.9. The van der Waals surface area contributed by atoms with Crippen molar-refractivity contribution >= 4 is 5.91 Å². The highest BCUT2D eigenvalue weighted by Crippen LogP contribution is 2.24. The van der Waals surface area contributed by atoms with E-state index in [1.54, 1.807) is 0 Å². The molecule has 0 bridgehead atoms. The Morgan fingerprint density at radius 2 is 0.841 bits per heavy atom. The van der Waals surface area contributed by atoms with E-state index in [1.807, 2.05) is 0 Å². The van der Waals surface area contributed by atoms with E-state index in [9.17, 15) is 40.5 Å². The number of ether oxygens (including phenoxy) is 2. The Balaban J connectivity index is 2.18. The number of unbranched alkanes of at least 4 members (excludes halogenated alkanes) is 37. The smallest absolute Gasteiger partial charge is 0.249 e. The summed E-state index contributed by atoms with van der Waals surface area (Å²) >= 11 is 0. The van der Waals surface area contributed by atoms with Crippen molar-refractivity contribution in [1.82, 2.24) is 5.32 Å². The van der Waals surface area contributed by atoms with Crippen molar-refractivity contribution in [3.05, 3.63) is 12.2 Å². The number of carbonyl (C=O) groups excluding carboxylic acids is 1. The van der Waals surface area contributed by atoms with E-state index in [1.165, 1.54) is 193 Å². The summed E-state index contributed by atoms with van der Waals surface area (Å²) in [7, 11) is 0. The lowest BCUT2D eigenvalue weighted by Crippen LogP contribution is -2.60. The van der Waals surface area contributed by atoms with Crippen molar-refractivity contribution in [2.24, 2.45) is 0 Å². The van der Waals surface area contributed by atoms with E-state index in [0.29, 0.717) is 19.3 Å². The molecule has 8 N–H and O–H groups in total. The molecule has 1 saturated heterocycles. The highest BCUT2D eigenvalue weighted by Gasteiger charge is 2.44. The van der Waals surface area contributed by atoms with Gasteiger partial charge in [0.25, 0.3) is 0 Å². The summed E-state index contributed by atoms with van der Waals surface area (Å²) in [6.07, 6.45) is 44.4. The normalized spacial score (nSPS) is 20.4. The lowest BCUT2D eigenvalue weighted by molar-refractivity contribution is -0.303. The molecule has 1 aliphatic rings. The first-order chi connectivity index (χ1) is 33.7. The fourth-order valence-electron chi connectivity index (χ4n) is 9.73. The predicted molar refractivity (Wildman–Crippen MR) is 284 cm³/mol. The Kier molecular flexibility index (Phi) is 45.7. The van der Waals surface area contributed by atoms with Crippen LogP contribution < -0.4 is 5.32 Å². The van der Waals surface area contributed by atoms with E-state index in [2.05, 4.69) is 31.3 Å². The van der Waals surface area contributed by atoms with Crippen LogP contribution in [0.4, 0.5) is 0 Å². The molecule has 0 aromatic heterocycles. The molecule has 1 aliphatic heterocycles. The average Bonchev–Trinajstić information content (AvgIpc) is 3.35. The van der Waals surface area contributed by atoms with Gasteiger partial charge in [-0.2, -0.15) is 0 Å². The van der Waals surface area contributed by atoms with Crippen LogP contribution in [0.15, 0.2) is 12.2 Å². The van der Waals surface area contributed by atoms with E-state index >= 15 is 0 Å². The van der Waals surface area contributed by atoms with Crippen LogP contribution in [0.3, 0.4) is 0 Å². The van der Waals surface area contributed by atoms with Crippen molar-refractivity contribution in [2.75, 3.05) is 13.2 Å². The minimum atomic E-state index is -1.66. The zero-order valence-electron chi connectivity index (χ0n) is 44.8. The van der Waals surface area contributed by atoms with Gasteiger partial charge >= 0.3 is 0 Å². The van der Waals surface area contributed by atoms with Crippen molar-refractivity contribution in [3.63, 3.8) is 0 Å². The lowest BCUT2D eigenvalue weighted by atomic mass is 9.98. The molecule has 11 heteroatoms. The molecule has 69 heavy (non-hydrogen) atoms. The number of carbonyl (C=O) groups is 1. The molecule has 1 rings (SSSR count). The Bertz CT molecular complexity index is 1130. The van der Waals surface area contributed by atoms with Crippen LogP contribution in [0.5, 0.6) is 0 Å². The van der Waals surface area contributed by atoms with E-state index in [0.717, 1.165) is 51.4 Å². The highest BCUT2D eigenvalue weighted by atomic mass is 16.7. The van der Waals surface area contributed by atoms with Crippen LogP contribution in [0, 0.1) is 0 Å². The predicted octanol–water partition coefficient (Wildman–Crippen LogP) is 12.4. The molecule has 1 heterocycles. The van der Waals surface area contributed by atoms with Gasteiger partial charge in [0.1, 0.15) is 36.6 Å². The topological polar surface area (TPSA) is 189 Å². The SMILES string of the molecule is CCCCC/C=C\CCCCCCC(O)C(=O)NC(COC1OC(CO)C(O)C(O)C1O)C(O)C(O)CCCCCCCCCCCCCCCCCCCCCCCCCCCCCCCCC. The second kappa shape index (κ2) is 47.8. The minimum absolute atomic E-state index is 0.247. The van der Waals surface area contributed by atoms with Crippen molar-refractivity contribution in [1.29, 1.82) is 0 Å². The zero-order chi connectivity index (χ0) is 50.4. The number of hydrogen-bond acceptors (Lipinski definition) is 10. The molecule has 0 radical (unpaired) electrons. The molecule has 0 aliphatic carbocycles. The third-order valence-electron chi connectivity index (χ3n) is 14.6. The van der Waals surface area contributed by atoms with Crippen molar-refractivity contribution in [3.8, 4) is 0 Å². The molecule has 11 nitrogen and oxygen atoms in total. The number of aliphatic hydroxyl groups excluding tert-OH is 7. The van der Waals surface area contributed by atoms with Crippen LogP contribution in [0.25, 0.3) is 0 Å². The molecule has 0 saturated carbocycles. The standard InChI is InChI=1S/C58H113NO10/c1-3-5-7-9-11-13-15-16-17-18-19-20-21-22-23-24-25-26-27-28-29-30-31-32-33-34-36-37-39-41-43-45-50(61)53(63)49(48-68-58-56(66)55(65)54(64)52(47-60)69-58)59-57(67)51(62)46-44-42-40-38-35-14-12-10-8-6-4-2/h12,14,49-56,58,60-66H,3-11,13,15-48H2,1-2H3,(H,59,67)/b14-12-. The molecule has 1 amide bonds. The Hall–Kier alpha value is -1.15. The van der Waals surface area contributed by atoms with Gasteiger partial charge in [0.2, 0.25) is 5.91 Å². The molecule has 9 atom stereocenters. The van der Waals surface area contributed by atoms with Gasteiger partial charge in [-0.1, -0.05) is 257 Å². The monoisotopic (exact) mass is 984 g/mol. The maximum Gasteiger partial charge on any atom is 0.249 e. The maximum atomic E-state index is 13.1. The molecular weight excluding hydrogens is 871 g/mol. The molecule has 0 spiro atoms. The summed E-state index contributed by atoms with van der Waals surface area (Å²) in [6, 6.07) is -1.17. The highest BCUT2D eigenvalue weighted by molar-refractivity contribution is 5.80. The maximum absolute atomic E-state index is 13.1. The largest absolute Gasteiger partial charge is 0.394 e. The molecule has 1 fully saturated rings. The number of nitrogens with one attached hydrogen (secondary N) is 1. The number of rotatable bonds is 51. The van der Waals surface area contributed by atoms with Gasteiger partial charge < -0.3 is 50.5 Å². The van der Waals surface area contributed by atoms with Gasteiger partial charge in [-0.25, -0.2) is 0 Å². The minimum Gasteiger partial charge on any atom is -0.394 e. The van der Waals surface area contributed by atoms with Crippen molar-refractivity contribution < 1.29 is 50.0 Å². The molecule has 0 aromatic rings. The van der Waals surface area contributed by atoms with E-state index < -0.39 is 74.2 Å². The first-order valence-corrected chi connectivity index (χ1v) is 29.6. The van der Waals surface area contributed by atoms with Gasteiger partial charge in [0.05, 0.1) is 25.4 Å². The Labute approximate surface area is 423 Å². The van der Waals surface area contributed by atoms with E-state index in [4.69, 9.17) is 9.47 Å². The quantitative estimate of drug-likeness (QED) is 0.0215. The third kappa shape index (κ3) is 36.4. The van der Waals surface area contributed by atoms with Gasteiger partial charge in [0, 0.05) is 0 Å². The second-order valence-corrected chi connectivity index (χ2v) is 21.1. The molecule has 9 unspecified atom stereocenters. The van der Waals surface area contributed by atoms with Crippen LogP contribution in [-0.2, 0) is 14.3 Å². The summed E-state index contributed by atoms with van der Waals surface area (Å²) in [4.78, 5) is 13.1. The van der Waals surface area contributed by atoms with Gasteiger partial charge in [-0.15, -0.1) is 0 Å². The summed E-state index contributed by atoms with van der Waals surface area (Å²) < 4.78 is 11.1. The number of aliphatic hydroxyl groups is 7. The summed E-state index contributed by atoms with van der Waals surface area (Å²) in [6.45, 7) is 3.44. The van der Waals surface area contributed by atoms with Crippen LogP contribution >= 0.6 is 0 Å². The fourth-order valence-corrected chi connectivity index (χ4v) is 9.73. The van der Waals surface area contributed by atoms with Gasteiger partial charge in [-0.05, 0) is 38.5 Å². The molecule has 410 valence electrons. The number of amides is 1. The second-order valence-electron chi connectivity index (χ2n) is 21.1. The first kappa shape index (κ1) is 65.9. The Morgan fingerprint density at radius 1 is 0.493 bits per heavy atom. The number of allylic oxidation sites excluding steroid dienone is 2. The van der Waals surface area contributed by atoms with Gasteiger partial charge in [0.15, 0.2) is 6.29 Å². The van der Waals surface area contributed by atoms with Crippen LogP contribution in [0.1, 0.15) is 284 Å². The molecular formula is C58H113NO10. The van der Waals surface area contributed by atoms with Crippen LogP contribution in [-0.4, -0.2) is 110 Å². The Morgan fingerprint density at radius 3 is 1.25 bits per heavy atom. The fraction of sp³-hybridized carbons (Fsp3) is 0.948. The van der Waals surface area contributed by atoms with Gasteiger partial charge in [-0.3, -0.25) is 4.79 Å². The third-order valence-corrected chi connectivity index (χ3v) is 14.6. The number of hydrogen-bond donors (Lipinski definition) is 8.